The fourth-order valence-corrected chi connectivity index (χ4v) is 1.43. The summed E-state index contributed by atoms with van der Waals surface area (Å²) in [6.45, 7) is 3.20. The molecular weight excluding hydrogens is 223 g/mol. The molecule has 0 saturated carbocycles. The third-order valence-electron chi connectivity index (χ3n) is 2.42. The van der Waals surface area contributed by atoms with Gasteiger partial charge in [0.2, 0.25) is 0 Å². The van der Waals surface area contributed by atoms with E-state index in [1.54, 1.807) is 38.1 Å². The van der Waals surface area contributed by atoms with Gasteiger partial charge in [0, 0.05) is 0 Å². The zero-order valence-electron chi connectivity index (χ0n) is 9.75. The molecule has 5 nitrogen and oxygen atoms in total. The summed E-state index contributed by atoms with van der Waals surface area (Å²) in [5, 5.41) is 26.5. The van der Waals surface area contributed by atoms with Gasteiger partial charge in [-0.2, -0.15) is 0 Å². The summed E-state index contributed by atoms with van der Waals surface area (Å²) in [6.07, 6.45) is 0.241. The quantitative estimate of drug-likeness (QED) is 0.657. The van der Waals surface area contributed by atoms with Gasteiger partial charge in [0.25, 0.3) is 0 Å². The van der Waals surface area contributed by atoms with Crippen molar-refractivity contribution in [2.75, 3.05) is 0 Å². The second-order valence-corrected chi connectivity index (χ2v) is 4.42. The first-order chi connectivity index (χ1) is 7.83. The summed E-state index contributed by atoms with van der Waals surface area (Å²) in [4.78, 5) is 11.0. The maximum Gasteiger partial charge on any atom is 0.707 e. The van der Waals surface area contributed by atoms with E-state index in [9.17, 15) is 4.79 Å². The van der Waals surface area contributed by atoms with Crippen LogP contribution in [0.2, 0.25) is 0 Å². The summed E-state index contributed by atoms with van der Waals surface area (Å²) in [6, 6.07) is 6.67. The number of aliphatic carboxylic acids is 1. The lowest BCUT2D eigenvalue weighted by Gasteiger charge is -2.20. The Morgan fingerprint density at radius 2 is 1.94 bits per heavy atom. The van der Waals surface area contributed by atoms with Gasteiger partial charge >= 0.3 is 13.3 Å². The minimum Gasteiger partial charge on any atom is -0.512 e. The Morgan fingerprint density at radius 3 is 2.47 bits per heavy atom. The third-order valence-corrected chi connectivity index (χ3v) is 2.42. The fourth-order valence-electron chi connectivity index (χ4n) is 1.43. The van der Waals surface area contributed by atoms with Crippen LogP contribution in [-0.2, 0) is 11.2 Å². The molecule has 1 aromatic carbocycles. The van der Waals surface area contributed by atoms with Gasteiger partial charge in [-0.15, -0.1) is 0 Å². The van der Waals surface area contributed by atoms with E-state index >= 15 is 0 Å². The molecule has 0 aliphatic carbocycles. The Kier molecular flexibility index (Phi) is 4.14. The molecule has 0 aliphatic rings. The highest BCUT2D eigenvalue weighted by molar-refractivity contribution is 6.33. The number of carboxylic acid groups (broad SMARTS) is 1. The minimum atomic E-state index is -1.91. The molecule has 0 aliphatic heterocycles. The van der Waals surface area contributed by atoms with Gasteiger partial charge in [-0.3, -0.25) is 4.79 Å². The van der Waals surface area contributed by atoms with E-state index in [1.165, 1.54) is 0 Å². The van der Waals surface area contributed by atoms with E-state index in [1.807, 2.05) is 0 Å². The van der Waals surface area contributed by atoms with Crippen LogP contribution < -0.4 is 4.65 Å². The molecule has 0 unspecified atom stereocenters. The molecule has 1 rings (SSSR count). The number of rotatable bonds is 5. The van der Waals surface area contributed by atoms with Crippen molar-refractivity contribution in [2.24, 2.45) is 5.41 Å². The maximum absolute atomic E-state index is 11.0. The van der Waals surface area contributed by atoms with Crippen LogP contribution in [0.15, 0.2) is 24.3 Å². The predicted molar refractivity (Wildman–Crippen MR) is 62.4 cm³/mol. The molecule has 0 fully saturated rings. The second-order valence-electron chi connectivity index (χ2n) is 4.42. The van der Waals surface area contributed by atoms with E-state index in [2.05, 4.69) is 0 Å². The maximum atomic E-state index is 11.0. The molecule has 0 bridgehead atoms. The molecule has 17 heavy (non-hydrogen) atoms. The molecular formula is C11H15BO5. The molecule has 0 spiro atoms. The van der Waals surface area contributed by atoms with Crippen LogP contribution in [0.25, 0.3) is 0 Å². The standard InChI is InChI=1S/C11H15BO5/c1-11(2,10(13)14)7-8-5-3-4-6-9(8)17-12(15)16/h3-6,15-16H,7H2,1-2H3,(H,13,14). The molecule has 92 valence electrons. The SMILES string of the molecule is CC(C)(Cc1ccccc1OB(O)O)C(=O)O. The number of hydrogen-bond acceptors (Lipinski definition) is 4. The Labute approximate surface area is 99.8 Å². The van der Waals surface area contributed by atoms with E-state index in [-0.39, 0.29) is 12.2 Å². The summed E-state index contributed by atoms with van der Waals surface area (Å²) in [5.74, 6) is -0.645. The first kappa shape index (κ1) is 13.5. The predicted octanol–water partition coefficient (Wildman–Crippen LogP) is 0.688. The molecule has 0 aromatic heterocycles. The van der Waals surface area contributed by atoms with Crippen LogP contribution in [-0.4, -0.2) is 28.4 Å². The smallest absolute Gasteiger partial charge is 0.512 e. The van der Waals surface area contributed by atoms with Crippen molar-refractivity contribution in [2.45, 2.75) is 20.3 Å². The average Bonchev–Trinajstić information content (AvgIpc) is 2.19. The summed E-state index contributed by atoms with van der Waals surface area (Å²) in [7, 11) is -1.91. The lowest BCUT2D eigenvalue weighted by Crippen LogP contribution is -2.27. The van der Waals surface area contributed by atoms with Crippen molar-refractivity contribution in [1.29, 1.82) is 0 Å². The number of benzene rings is 1. The monoisotopic (exact) mass is 238 g/mol. The third kappa shape index (κ3) is 3.76. The first-order valence-corrected chi connectivity index (χ1v) is 5.17. The van der Waals surface area contributed by atoms with Crippen molar-refractivity contribution >= 4 is 13.3 Å². The summed E-state index contributed by atoms with van der Waals surface area (Å²) >= 11 is 0. The number of hydrogen-bond donors (Lipinski definition) is 3. The molecule has 1 aromatic rings. The normalized spacial score (nSPS) is 11.1. The highest BCUT2D eigenvalue weighted by atomic mass is 16.6. The highest BCUT2D eigenvalue weighted by Gasteiger charge is 2.29. The van der Waals surface area contributed by atoms with Crippen molar-refractivity contribution in [1.82, 2.24) is 0 Å². The van der Waals surface area contributed by atoms with E-state index < -0.39 is 18.7 Å². The Bertz CT molecular complexity index is 403. The van der Waals surface area contributed by atoms with Crippen LogP contribution in [0.4, 0.5) is 0 Å². The zero-order valence-corrected chi connectivity index (χ0v) is 9.75. The van der Waals surface area contributed by atoms with Crippen LogP contribution >= 0.6 is 0 Å². The molecule has 0 radical (unpaired) electrons. The lowest BCUT2D eigenvalue weighted by molar-refractivity contribution is -0.146. The van der Waals surface area contributed by atoms with E-state index in [0.29, 0.717) is 5.56 Å². The molecule has 0 atom stereocenters. The number of para-hydroxylation sites is 1. The largest absolute Gasteiger partial charge is 0.707 e. The van der Waals surface area contributed by atoms with Gasteiger partial charge in [-0.25, -0.2) is 0 Å². The van der Waals surface area contributed by atoms with Gasteiger partial charge in [0.15, 0.2) is 0 Å². The Balaban J connectivity index is 2.94. The van der Waals surface area contributed by atoms with Gasteiger partial charge in [0.05, 0.1) is 5.41 Å². The van der Waals surface area contributed by atoms with E-state index in [4.69, 9.17) is 19.8 Å². The van der Waals surface area contributed by atoms with Crippen molar-refractivity contribution < 1.29 is 24.6 Å². The van der Waals surface area contributed by atoms with Gasteiger partial charge < -0.3 is 19.8 Å². The second kappa shape index (κ2) is 5.20. The number of carboxylic acids is 1. The fraction of sp³-hybridized carbons (Fsp3) is 0.364. The summed E-state index contributed by atoms with van der Waals surface area (Å²) < 4.78 is 4.79. The van der Waals surface area contributed by atoms with Gasteiger partial charge in [-0.1, -0.05) is 18.2 Å². The van der Waals surface area contributed by atoms with E-state index in [0.717, 1.165) is 0 Å². The highest BCUT2D eigenvalue weighted by Crippen LogP contribution is 2.28. The van der Waals surface area contributed by atoms with Crippen LogP contribution in [0.1, 0.15) is 19.4 Å². The van der Waals surface area contributed by atoms with Crippen molar-refractivity contribution in [3.8, 4) is 5.75 Å². The zero-order chi connectivity index (χ0) is 13.1. The van der Waals surface area contributed by atoms with Gasteiger partial charge in [-0.05, 0) is 31.9 Å². The molecule has 6 heteroatoms. The first-order valence-electron chi connectivity index (χ1n) is 5.17. The van der Waals surface area contributed by atoms with Crippen molar-refractivity contribution in [3.63, 3.8) is 0 Å². The molecule has 0 heterocycles. The van der Waals surface area contributed by atoms with Crippen LogP contribution in [0, 0.1) is 5.41 Å². The average molecular weight is 238 g/mol. The Morgan fingerprint density at radius 1 is 1.35 bits per heavy atom. The van der Waals surface area contributed by atoms with Crippen LogP contribution in [0.3, 0.4) is 0 Å². The van der Waals surface area contributed by atoms with Crippen LogP contribution in [0.5, 0.6) is 5.75 Å². The summed E-state index contributed by atoms with van der Waals surface area (Å²) in [5.41, 5.74) is -0.326. The number of carbonyl (C=O) groups is 1. The molecule has 0 saturated heterocycles. The van der Waals surface area contributed by atoms with Crippen molar-refractivity contribution in [3.05, 3.63) is 29.8 Å². The van der Waals surface area contributed by atoms with Gasteiger partial charge in [0.1, 0.15) is 5.75 Å². The molecule has 0 amide bonds. The molecule has 3 N–H and O–H groups in total. The minimum absolute atomic E-state index is 0.241. The topological polar surface area (TPSA) is 87.0 Å². The lowest BCUT2D eigenvalue weighted by atomic mass is 9.85. The Hall–Kier alpha value is -1.53.